The molecule has 1 fully saturated rings. The molecule has 0 amide bonds. The third kappa shape index (κ3) is 5.10. The second-order valence-corrected chi connectivity index (χ2v) is 8.19. The van der Waals surface area contributed by atoms with Crippen LogP contribution >= 0.6 is 23.5 Å². The zero-order valence-electron chi connectivity index (χ0n) is 13.9. The minimum atomic E-state index is 0.00188. The molecule has 128 valence electrons. The Hall–Kier alpha value is -1.78. The van der Waals surface area contributed by atoms with Crippen molar-refractivity contribution in [2.24, 2.45) is 0 Å². The highest BCUT2D eigenvalue weighted by molar-refractivity contribution is 8.34. The summed E-state index contributed by atoms with van der Waals surface area (Å²) in [6.07, 6.45) is 5.47. The zero-order chi connectivity index (χ0) is 17.5. The Morgan fingerprint density at radius 3 is 1.52 bits per heavy atom. The van der Waals surface area contributed by atoms with Crippen LogP contribution in [0.3, 0.4) is 0 Å². The lowest BCUT2D eigenvalue weighted by molar-refractivity contribution is 0.108. The molecular formula is C21H20O2S2. The molecule has 0 spiro atoms. The molecule has 0 saturated heterocycles. The molecule has 0 aromatic heterocycles. The Labute approximate surface area is 157 Å². The molecule has 0 aliphatic heterocycles. The summed E-state index contributed by atoms with van der Waals surface area (Å²) in [7, 11) is 0. The van der Waals surface area contributed by atoms with Gasteiger partial charge in [-0.05, 0) is 54.8 Å². The number of benzene rings is 2. The van der Waals surface area contributed by atoms with Gasteiger partial charge in [0.15, 0.2) is 0 Å². The number of carbonyl (C=O) groups is 2. The molecular weight excluding hydrogens is 348 g/mol. The predicted octanol–water partition coefficient (Wildman–Crippen LogP) is 6.31. The maximum absolute atomic E-state index is 12.6. The van der Waals surface area contributed by atoms with Gasteiger partial charge in [0.2, 0.25) is 10.2 Å². The van der Waals surface area contributed by atoms with Gasteiger partial charge in [0, 0.05) is 11.1 Å². The molecule has 1 aliphatic carbocycles. The molecule has 0 N–H and O–H groups in total. The first-order chi connectivity index (χ1) is 12.2. The minimum Gasteiger partial charge on any atom is -0.281 e. The van der Waals surface area contributed by atoms with E-state index >= 15 is 0 Å². The lowest BCUT2D eigenvalue weighted by atomic mass is 9.96. The summed E-state index contributed by atoms with van der Waals surface area (Å²) in [6, 6.07) is 18.5. The van der Waals surface area contributed by atoms with Crippen molar-refractivity contribution in [3.05, 3.63) is 81.6 Å². The van der Waals surface area contributed by atoms with E-state index in [1.54, 1.807) is 0 Å². The van der Waals surface area contributed by atoms with Crippen LogP contribution in [0.4, 0.5) is 0 Å². The summed E-state index contributed by atoms with van der Waals surface area (Å²) in [5.74, 6) is 0. The first-order valence-corrected chi connectivity index (χ1v) is 10.1. The molecule has 4 heteroatoms. The van der Waals surface area contributed by atoms with Crippen molar-refractivity contribution in [3.63, 3.8) is 0 Å². The second-order valence-electron chi connectivity index (χ2n) is 5.96. The molecule has 0 heterocycles. The summed E-state index contributed by atoms with van der Waals surface area (Å²) >= 11 is 2.42. The highest BCUT2D eigenvalue weighted by Crippen LogP contribution is 2.40. The highest BCUT2D eigenvalue weighted by atomic mass is 32.2. The lowest BCUT2D eigenvalue weighted by Gasteiger charge is -2.18. The van der Waals surface area contributed by atoms with E-state index in [0.717, 1.165) is 29.9 Å². The van der Waals surface area contributed by atoms with Gasteiger partial charge in [-0.2, -0.15) is 0 Å². The Kier molecular flexibility index (Phi) is 6.54. The zero-order valence-corrected chi connectivity index (χ0v) is 15.6. The van der Waals surface area contributed by atoms with Crippen molar-refractivity contribution < 1.29 is 9.59 Å². The van der Waals surface area contributed by atoms with E-state index in [2.05, 4.69) is 0 Å². The predicted molar refractivity (Wildman–Crippen MR) is 107 cm³/mol. The molecule has 1 aliphatic rings. The van der Waals surface area contributed by atoms with E-state index in [1.165, 1.54) is 35.5 Å². The number of carbonyl (C=O) groups excluding carboxylic acids is 2. The van der Waals surface area contributed by atoms with Crippen molar-refractivity contribution in [1.82, 2.24) is 0 Å². The van der Waals surface area contributed by atoms with Gasteiger partial charge in [0.05, 0.1) is 4.24 Å². The maximum Gasteiger partial charge on any atom is 0.224 e. The molecule has 25 heavy (non-hydrogen) atoms. The molecule has 2 nitrogen and oxygen atoms in total. The average Bonchev–Trinajstić information content (AvgIpc) is 2.69. The third-order valence-electron chi connectivity index (χ3n) is 4.14. The van der Waals surface area contributed by atoms with E-state index in [9.17, 15) is 9.59 Å². The van der Waals surface area contributed by atoms with Crippen molar-refractivity contribution in [1.29, 1.82) is 0 Å². The molecule has 3 rings (SSSR count). The standard InChI is InChI=1S/C21H20O2S2/c22-19(16-10-4-1-5-11-16)24-21(18-14-8-3-9-15-18)25-20(23)17-12-6-2-7-13-17/h1-2,4-7,10-13H,3,8-9,14-15H2. The van der Waals surface area contributed by atoms with Gasteiger partial charge in [-0.1, -0.05) is 67.1 Å². The first-order valence-electron chi connectivity index (χ1n) is 8.50. The van der Waals surface area contributed by atoms with Crippen LogP contribution in [-0.4, -0.2) is 10.2 Å². The van der Waals surface area contributed by atoms with Crippen LogP contribution in [-0.2, 0) is 0 Å². The number of hydrogen-bond acceptors (Lipinski definition) is 4. The summed E-state index contributed by atoms with van der Waals surface area (Å²) in [5.41, 5.74) is 2.61. The van der Waals surface area contributed by atoms with Crippen LogP contribution in [0.2, 0.25) is 0 Å². The van der Waals surface area contributed by atoms with E-state index in [-0.39, 0.29) is 10.2 Å². The van der Waals surface area contributed by atoms with Crippen LogP contribution in [0, 0.1) is 0 Å². The third-order valence-corrected chi connectivity index (χ3v) is 6.43. The Balaban J connectivity index is 1.81. The van der Waals surface area contributed by atoms with Gasteiger partial charge in [-0.25, -0.2) is 0 Å². The van der Waals surface area contributed by atoms with E-state index in [0.29, 0.717) is 11.1 Å². The van der Waals surface area contributed by atoms with Crippen LogP contribution in [0.5, 0.6) is 0 Å². The lowest BCUT2D eigenvalue weighted by Crippen LogP contribution is -2.01. The van der Waals surface area contributed by atoms with Crippen LogP contribution in [0.25, 0.3) is 0 Å². The smallest absolute Gasteiger partial charge is 0.224 e. The van der Waals surface area contributed by atoms with Crippen LogP contribution < -0.4 is 0 Å². The van der Waals surface area contributed by atoms with Gasteiger partial charge in [-0.15, -0.1) is 0 Å². The van der Waals surface area contributed by atoms with Crippen LogP contribution in [0.15, 0.2) is 70.5 Å². The van der Waals surface area contributed by atoms with Gasteiger partial charge in [0.1, 0.15) is 0 Å². The fraction of sp³-hybridized carbons (Fsp3) is 0.238. The number of rotatable bonds is 4. The second kappa shape index (κ2) is 9.07. The van der Waals surface area contributed by atoms with Gasteiger partial charge in [0.25, 0.3) is 0 Å². The average molecular weight is 369 g/mol. The Bertz CT molecular complexity index is 703. The minimum absolute atomic E-state index is 0.00188. The molecule has 0 radical (unpaired) electrons. The van der Waals surface area contributed by atoms with Gasteiger partial charge < -0.3 is 0 Å². The fourth-order valence-electron chi connectivity index (χ4n) is 2.78. The van der Waals surface area contributed by atoms with Gasteiger partial charge >= 0.3 is 0 Å². The quantitative estimate of drug-likeness (QED) is 0.633. The summed E-state index contributed by atoms with van der Waals surface area (Å²) < 4.78 is 0.877. The van der Waals surface area contributed by atoms with Crippen LogP contribution in [0.1, 0.15) is 52.8 Å². The highest BCUT2D eigenvalue weighted by Gasteiger charge is 2.20. The molecule has 0 bridgehead atoms. The largest absolute Gasteiger partial charge is 0.281 e. The summed E-state index contributed by atoms with van der Waals surface area (Å²) in [4.78, 5) is 25.2. The normalized spacial score (nSPS) is 14.2. The molecule has 2 aromatic carbocycles. The molecule has 0 atom stereocenters. The maximum atomic E-state index is 12.6. The first kappa shape index (κ1) is 18.0. The van der Waals surface area contributed by atoms with Crippen molar-refractivity contribution >= 4 is 33.8 Å². The van der Waals surface area contributed by atoms with Crippen molar-refractivity contribution in [3.8, 4) is 0 Å². The molecule has 2 aromatic rings. The SMILES string of the molecule is O=C(SC(SC(=O)c1ccccc1)=C1CCCCC1)c1ccccc1. The monoisotopic (exact) mass is 368 g/mol. The van der Waals surface area contributed by atoms with E-state index in [4.69, 9.17) is 0 Å². The fourth-order valence-corrected chi connectivity index (χ4v) is 4.94. The summed E-state index contributed by atoms with van der Waals surface area (Å²) in [5, 5.41) is 0.00377. The van der Waals surface area contributed by atoms with Gasteiger partial charge in [-0.3, -0.25) is 9.59 Å². The Morgan fingerprint density at radius 2 is 1.08 bits per heavy atom. The molecule has 0 unspecified atom stereocenters. The molecule has 1 saturated carbocycles. The number of thioether (sulfide) groups is 2. The summed E-state index contributed by atoms with van der Waals surface area (Å²) in [6.45, 7) is 0. The Morgan fingerprint density at radius 1 is 0.640 bits per heavy atom. The van der Waals surface area contributed by atoms with Crippen molar-refractivity contribution in [2.45, 2.75) is 32.1 Å². The number of allylic oxidation sites excluding steroid dienone is 1. The topological polar surface area (TPSA) is 34.1 Å². The van der Waals surface area contributed by atoms with E-state index < -0.39 is 0 Å². The van der Waals surface area contributed by atoms with Crippen molar-refractivity contribution in [2.75, 3.05) is 0 Å². The number of hydrogen-bond donors (Lipinski definition) is 0. The van der Waals surface area contributed by atoms with E-state index in [1.807, 2.05) is 60.7 Å².